The molecule has 0 bridgehead atoms. The lowest BCUT2D eigenvalue weighted by Gasteiger charge is -2.23. The van der Waals surface area contributed by atoms with E-state index in [1.54, 1.807) is 0 Å². The summed E-state index contributed by atoms with van der Waals surface area (Å²) < 4.78 is 0. The summed E-state index contributed by atoms with van der Waals surface area (Å²) in [6.07, 6.45) is 9.40. The van der Waals surface area contributed by atoms with Gasteiger partial charge in [-0.15, -0.1) is 0 Å². The molecule has 0 saturated carbocycles. The van der Waals surface area contributed by atoms with Gasteiger partial charge in [0.15, 0.2) is 0 Å². The van der Waals surface area contributed by atoms with Crippen molar-refractivity contribution in [1.29, 1.82) is 0 Å². The van der Waals surface area contributed by atoms with Gasteiger partial charge in [-0.2, -0.15) is 0 Å². The summed E-state index contributed by atoms with van der Waals surface area (Å²) in [5.41, 5.74) is 0. The van der Waals surface area contributed by atoms with Crippen LogP contribution in [0.1, 0.15) is 65.2 Å². The van der Waals surface area contributed by atoms with E-state index in [9.17, 15) is 4.79 Å². The van der Waals surface area contributed by atoms with Crippen molar-refractivity contribution < 1.29 is 4.79 Å². The van der Waals surface area contributed by atoms with E-state index < -0.39 is 0 Å². The molecule has 15 heavy (non-hydrogen) atoms. The molecule has 0 spiro atoms. The van der Waals surface area contributed by atoms with Crippen LogP contribution in [-0.2, 0) is 4.79 Å². The van der Waals surface area contributed by atoms with Gasteiger partial charge in [-0.3, -0.25) is 4.79 Å². The molecule has 0 aromatic rings. The molecule has 0 aliphatic carbocycles. The van der Waals surface area contributed by atoms with Crippen LogP contribution in [0.15, 0.2) is 0 Å². The number of rotatable bonds is 9. The molecule has 1 nitrogen and oxygen atoms in total. The lowest BCUT2D eigenvalue weighted by Crippen LogP contribution is -2.19. The molecule has 0 aromatic heterocycles. The molecular weight excluding hydrogens is 206 g/mol. The predicted octanol–water partition coefficient (Wildman–Crippen LogP) is 3.70. The molecule has 1 atom stereocenters. The zero-order valence-electron chi connectivity index (χ0n) is 10.4. The Kier molecular flexibility index (Phi) is 8.22. The van der Waals surface area contributed by atoms with E-state index in [-0.39, 0.29) is 10.6 Å². The van der Waals surface area contributed by atoms with Crippen molar-refractivity contribution in [2.75, 3.05) is 0 Å². The summed E-state index contributed by atoms with van der Waals surface area (Å²) in [5, 5.41) is -0.453. The van der Waals surface area contributed by atoms with Gasteiger partial charge in [0.1, 0.15) is 7.85 Å². The van der Waals surface area contributed by atoms with Gasteiger partial charge in [-0.05, 0) is 24.4 Å². The van der Waals surface area contributed by atoms with Gasteiger partial charge in [0.2, 0.25) is 5.24 Å². The number of hydrogen-bond donors (Lipinski definition) is 0. The highest BCUT2D eigenvalue weighted by Gasteiger charge is 2.28. The summed E-state index contributed by atoms with van der Waals surface area (Å²) in [6, 6.07) is 0. The van der Waals surface area contributed by atoms with Crippen LogP contribution in [0.3, 0.4) is 0 Å². The lowest BCUT2D eigenvalue weighted by molar-refractivity contribution is -0.114. The molecule has 0 N–H and O–H groups in total. The quantitative estimate of drug-likeness (QED) is 0.335. The van der Waals surface area contributed by atoms with Crippen LogP contribution in [0.4, 0.5) is 0 Å². The molecule has 0 fully saturated rings. The fraction of sp³-hybridized carbons (Fsp3) is 0.917. The zero-order chi connectivity index (χ0) is 11.7. The van der Waals surface area contributed by atoms with Crippen molar-refractivity contribution >= 4 is 24.7 Å². The average molecular weight is 231 g/mol. The SMILES string of the molecule is BC(CC)(CCCCCCCC)C(=O)Cl. The second kappa shape index (κ2) is 8.21. The van der Waals surface area contributed by atoms with E-state index >= 15 is 0 Å². The molecule has 0 aliphatic heterocycles. The molecule has 0 saturated heterocycles. The van der Waals surface area contributed by atoms with Gasteiger partial charge in [0.25, 0.3) is 0 Å². The minimum Gasteiger partial charge on any atom is -0.282 e. The summed E-state index contributed by atoms with van der Waals surface area (Å²) in [7, 11) is 1.98. The van der Waals surface area contributed by atoms with Crippen LogP contribution in [0.2, 0.25) is 5.31 Å². The fourth-order valence-corrected chi connectivity index (χ4v) is 1.94. The first kappa shape index (κ1) is 15.0. The molecular formula is C12H24BClO. The van der Waals surface area contributed by atoms with Crippen molar-refractivity contribution in [2.24, 2.45) is 0 Å². The van der Waals surface area contributed by atoms with Gasteiger partial charge >= 0.3 is 0 Å². The molecule has 0 radical (unpaired) electrons. The summed E-state index contributed by atoms with van der Waals surface area (Å²) >= 11 is 5.61. The smallest absolute Gasteiger partial charge is 0.219 e. The Bertz CT molecular complexity index is 184. The Morgan fingerprint density at radius 3 is 2.13 bits per heavy atom. The van der Waals surface area contributed by atoms with Crippen LogP contribution in [0.5, 0.6) is 0 Å². The lowest BCUT2D eigenvalue weighted by atomic mass is 9.65. The Balaban J connectivity index is 3.60. The first-order valence-corrected chi connectivity index (χ1v) is 6.64. The number of carbonyl (C=O) groups is 1. The topological polar surface area (TPSA) is 17.1 Å². The molecule has 3 heteroatoms. The standard InChI is InChI=1S/C12H24BClO/c1-3-5-6-7-8-9-10-12(13,4-2)11(14)15/h3-10,13H2,1-2H3. The molecule has 88 valence electrons. The maximum atomic E-state index is 11.2. The van der Waals surface area contributed by atoms with Crippen LogP contribution < -0.4 is 0 Å². The monoisotopic (exact) mass is 230 g/mol. The van der Waals surface area contributed by atoms with Gasteiger partial charge in [0, 0.05) is 5.31 Å². The largest absolute Gasteiger partial charge is 0.282 e. The minimum atomic E-state index is -0.285. The molecule has 0 heterocycles. The molecule has 1 unspecified atom stereocenters. The first-order valence-electron chi connectivity index (χ1n) is 6.26. The van der Waals surface area contributed by atoms with Crippen LogP contribution in [0.25, 0.3) is 0 Å². The highest BCUT2D eigenvalue weighted by molar-refractivity contribution is 6.69. The summed E-state index contributed by atoms with van der Waals surface area (Å²) in [5.74, 6) is 0. The third-order valence-corrected chi connectivity index (χ3v) is 3.79. The number of carbonyl (C=O) groups excluding carboxylic acids is 1. The Hall–Kier alpha value is 0.0249. The second-order valence-electron chi connectivity index (χ2n) is 4.71. The summed E-state index contributed by atoms with van der Waals surface area (Å²) in [6.45, 7) is 4.26. The molecule has 0 aliphatic rings. The van der Waals surface area contributed by atoms with Crippen LogP contribution in [-0.4, -0.2) is 13.1 Å². The molecule has 0 rings (SSSR count). The highest BCUT2D eigenvalue weighted by atomic mass is 35.5. The Morgan fingerprint density at radius 2 is 1.67 bits per heavy atom. The van der Waals surface area contributed by atoms with Crippen molar-refractivity contribution in [3.05, 3.63) is 0 Å². The van der Waals surface area contributed by atoms with Crippen LogP contribution in [0, 0.1) is 0 Å². The second-order valence-corrected chi connectivity index (χ2v) is 5.05. The van der Waals surface area contributed by atoms with E-state index in [1.165, 1.54) is 32.1 Å². The van der Waals surface area contributed by atoms with Gasteiger partial charge < -0.3 is 0 Å². The summed E-state index contributed by atoms with van der Waals surface area (Å²) in [4.78, 5) is 11.2. The highest BCUT2D eigenvalue weighted by Crippen LogP contribution is 2.35. The first-order chi connectivity index (χ1) is 7.06. The number of halogens is 1. The van der Waals surface area contributed by atoms with E-state index in [4.69, 9.17) is 11.6 Å². The van der Waals surface area contributed by atoms with E-state index in [1.807, 2.05) is 14.8 Å². The van der Waals surface area contributed by atoms with Gasteiger partial charge in [0.05, 0.1) is 0 Å². The van der Waals surface area contributed by atoms with Crippen molar-refractivity contribution in [2.45, 2.75) is 70.5 Å². The van der Waals surface area contributed by atoms with E-state index in [0.717, 1.165) is 19.3 Å². The van der Waals surface area contributed by atoms with Gasteiger partial charge in [-0.1, -0.05) is 52.4 Å². The average Bonchev–Trinajstić information content (AvgIpc) is 2.22. The normalized spacial score (nSPS) is 14.9. The Morgan fingerprint density at radius 1 is 1.13 bits per heavy atom. The van der Waals surface area contributed by atoms with Gasteiger partial charge in [-0.25, -0.2) is 0 Å². The molecule has 0 amide bonds. The van der Waals surface area contributed by atoms with Crippen LogP contribution >= 0.6 is 11.6 Å². The van der Waals surface area contributed by atoms with E-state index in [0.29, 0.717) is 0 Å². The van der Waals surface area contributed by atoms with Crippen molar-refractivity contribution in [3.63, 3.8) is 0 Å². The van der Waals surface area contributed by atoms with E-state index in [2.05, 4.69) is 6.92 Å². The fourth-order valence-electron chi connectivity index (χ4n) is 1.71. The van der Waals surface area contributed by atoms with Crippen molar-refractivity contribution in [1.82, 2.24) is 0 Å². The maximum Gasteiger partial charge on any atom is 0.219 e. The number of unbranched alkanes of at least 4 members (excludes halogenated alkanes) is 5. The predicted molar refractivity (Wildman–Crippen MR) is 70.4 cm³/mol. The third-order valence-electron chi connectivity index (χ3n) is 3.34. The molecule has 0 aromatic carbocycles. The minimum absolute atomic E-state index is 0.168. The third kappa shape index (κ3) is 6.24. The zero-order valence-corrected chi connectivity index (χ0v) is 11.2. The maximum absolute atomic E-state index is 11.2. The Labute approximate surface area is 100 Å². The van der Waals surface area contributed by atoms with Crippen molar-refractivity contribution in [3.8, 4) is 0 Å². The number of hydrogen-bond acceptors (Lipinski definition) is 1.